The molecule has 3 rings (SSSR count). The Morgan fingerprint density at radius 1 is 0.962 bits per heavy atom. The Morgan fingerprint density at radius 2 is 1.65 bits per heavy atom. The summed E-state index contributed by atoms with van der Waals surface area (Å²) in [6.07, 6.45) is -9.72. The van der Waals surface area contributed by atoms with E-state index in [1.165, 1.54) is 0 Å². The van der Waals surface area contributed by atoms with E-state index in [0.717, 1.165) is 28.8 Å². The molecule has 0 fully saturated rings. The number of nitrogen functional groups attached to an aromatic ring is 1. The van der Waals surface area contributed by atoms with Gasteiger partial charge in [0.05, 0.1) is 22.3 Å². The fraction of sp³-hybridized carbons (Fsp3) is 0.133. The van der Waals surface area contributed by atoms with Crippen molar-refractivity contribution < 1.29 is 35.5 Å². The van der Waals surface area contributed by atoms with Crippen LogP contribution in [0.5, 0.6) is 5.75 Å². The van der Waals surface area contributed by atoms with Gasteiger partial charge in [0.1, 0.15) is 0 Å². The molecule has 2 aromatic carbocycles. The van der Waals surface area contributed by atoms with Crippen LogP contribution in [0.15, 0.2) is 36.4 Å². The van der Waals surface area contributed by atoms with E-state index in [1.807, 2.05) is 0 Å². The van der Waals surface area contributed by atoms with Crippen molar-refractivity contribution in [1.82, 2.24) is 9.55 Å². The molecule has 0 aliphatic rings. The van der Waals surface area contributed by atoms with Crippen LogP contribution < -0.4 is 10.5 Å². The van der Waals surface area contributed by atoms with Crippen LogP contribution in [0.2, 0.25) is 0 Å². The molecule has 0 atom stereocenters. The topological polar surface area (TPSA) is 53.1 Å². The smallest absolute Gasteiger partial charge is 0.403 e. The molecule has 0 radical (unpaired) electrons. The second kappa shape index (κ2) is 5.78. The lowest BCUT2D eigenvalue weighted by molar-refractivity contribution is -0.275. The van der Waals surface area contributed by atoms with Gasteiger partial charge >= 0.3 is 12.5 Å². The molecule has 26 heavy (non-hydrogen) atoms. The summed E-state index contributed by atoms with van der Waals surface area (Å²) in [5.74, 6) is -2.71. The molecule has 0 aliphatic carbocycles. The predicted molar refractivity (Wildman–Crippen MR) is 77.1 cm³/mol. The molecule has 0 spiro atoms. The highest BCUT2D eigenvalue weighted by atomic mass is 19.4. The monoisotopic (exact) mass is 379 g/mol. The number of rotatable bonds is 2. The molecule has 0 unspecified atom stereocenters. The zero-order valence-electron chi connectivity index (χ0n) is 12.5. The normalized spacial score (nSPS) is 12.6. The fourth-order valence-corrected chi connectivity index (χ4v) is 2.38. The van der Waals surface area contributed by atoms with E-state index in [9.17, 15) is 30.7 Å². The van der Waals surface area contributed by atoms with E-state index in [-0.39, 0.29) is 22.7 Å². The first-order valence-corrected chi connectivity index (χ1v) is 6.86. The summed E-state index contributed by atoms with van der Waals surface area (Å²) >= 11 is 0. The average molecular weight is 379 g/mol. The number of nitrogens with two attached hydrogens (primary N) is 1. The van der Waals surface area contributed by atoms with Crippen molar-refractivity contribution in [2.45, 2.75) is 12.5 Å². The van der Waals surface area contributed by atoms with Crippen molar-refractivity contribution in [2.24, 2.45) is 0 Å². The minimum Gasteiger partial charge on any atom is -0.403 e. The molecular formula is C15H8F7N3O. The molecular weight excluding hydrogens is 371 g/mol. The van der Waals surface area contributed by atoms with Gasteiger partial charge in [0.2, 0.25) is 5.95 Å². The number of imidazole rings is 1. The van der Waals surface area contributed by atoms with E-state index < -0.39 is 29.7 Å². The highest BCUT2D eigenvalue weighted by molar-refractivity contribution is 5.81. The molecule has 1 heterocycles. The number of alkyl halides is 6. The van der Waals surface area contributed by atoms with Crippen molar-refractivity contribution >= 4 is 17.0 Å². The van der Waals surface area contributed by atoms with Crippen molar-refractivity contribution in [3.63, 3.8) is 0 Å². The van der Waals surface area contributed by atoms with Crippen LogP contribution in [0.25, 0.3) is 16.7 Å². The summed E-state index contributed by atoms with van der Waals surface area (Å²) in [7, 11) is 0. The molecule has 0 saturated heterocycles. The summed E-state index contributed by atoms with van der Waals surface area (Å²) in [6.45, 7) is 0. The molecule has 138 valence electrons. The first kappa shape index (κ1) is 17.8. The van der Waals surface area contributed by atoms with Crippen molar-refractivity contribution in [3.05, 3.63) is 47.8 Å². The van der Waals surface area contributed by atoms with Crippen molar-refractivity contribution in [1.29, 1.82) is 0 Å². The number of ether oxygens (including phenoxy) is 1. The average Bonchev–Trinajstić information content (AvgIpc) is 2.82. The zero-order chi connectivity index (χ0) is 19.3. The SMILES string of the molecule is Nc1nc2ccc(C(F)(F)F)cc2n1-c1ccc(OC(F)(F)F)c(F)c1. The largest absolute Gasteiger partial charge is 0.573 e. The molecule has 0 bridgehead atoms. The lowest BCUT2D eigenvalue weighted by Gasteiger charge is -2.12. The number of halogens is 7. The maximum Gasteiger partial charge on any atom is 0.573 e. The zero-order valence-corrected chi connectivity index (χ0v) is 12.5. The third-order valence-corrected chi connectivity index (χ3v) is 3.41. The number of benzene rings is 2. The number of nitrogens with zero attached hydrogens (tertiary/aromatic N) is 2. The Hall–Kier alpha value is -2.98. The Bertz CT molecular complexity index is 976. The van der Waals surface area contributed by atoms with Gasteiger partial charge in [-0.15, -0.1) is 13.2 Å². The van der Waals surface area contributed by atoms with Gasteiger partial charge in [-0.05, 0) is 30.3 Å². The van der Waals surface area contributed by atoms with E-state index in [4.69, 9.17) is 5.73 Å². The van der Waals surface area contributed by atoms with Crippen molar-refractivity contribution in [3.8, 4) is 11.4 Å². The number of fused-ring (bicyclic) bond motifs is 1. The van der Waals surface area contributed by atoms with E-state index in [1.54, 1.807) is 0 Å². The van der Waals surface area contributed by atoms with E-state index in [2.05, 4.69) is 9.72 Å². The van der Waals surface area contributed by atoms with Gasteiger partial charge in [0, 0.05) is 6.07 Å². The Morgan fingerprint density at radius 3 is 2.23 bits per heavy atom. The molecule has 2 N–H and O–H groups in total. The van der Waals surface area contributed by atoms with Crippen molar-refractivity contribution in [2.75, 3.05) is 5.73 Å². The van der Waals surface area contributed by atoms with Crippen LogP contribution in [0.1, 0.15) is 5.56 Å². The maximum atomic E-state index is 13.9. The second-order valence-electron chi connectivity index (χ2n) is 5.17. The van der Waals surface area contributed by atoms with Gasteiger partial charge in [-0.1, -0.05) is 0 Å². The number of hydrogen-bond donors (Lipinski definition) is 1. The third kappa shape index (κ3) is 3.37. The summed E-state index contributed by atoms with van der Waals surface area (Å²) in [4.78, 5) is 3.86. The van der Waals surface area contributed by atoms with Crippen LogP contribution >= 0.6 is 0 Å². The van der Waals surface area contributed by atoms with Gasteiger partial charge in [-0.25, -0.2) is 9.37 Å². The standard InChI is InChI=1S/C15H8F7N3O/c16-9-6-8(2-4-12(9)26-15(20,21)22)25-11-5-7(14(17,18)19)1-3-10(11)24-13(25)23/h1-6H,(H2,23,24). The lowest BCUT2D eigenvalue weighted by Crippen LogP contribution is -2.18. The Kier molecular flexibility index (Phi) is 3.97. The second-order valence-corrected chi connectivity index (χ2v) is 5.17. The quantitative estimate of drug-likeness (QED) is 0.659. The predicted octanol–water partition coefficient (Wildman–Crippen LogP) is 4.66. The first-order valence-electron chi connectivity index (χ1n) is 6.86. The minimum atomic E-state index is -5.09. The lowest BCUT2D eigenvalue weighted by atomic mass is 10.2. The molecule has 1 aromatic heterocycles. The molecule has 11 heteroatoms. The fourth-order valence-electron chi connectivity index (χ4n) is 2.38. The summed E-state index contributed by atoms with van der Waals surface area (Å²) in [5.41, 5.74) is 4.60. The van der Waals surface area contributed by atoms with Gasteiger partial charge in [0.25, 0.3) is 0 Å². The van der Waals surface area contributed by atoms with E-state index >= 15 is 0 Å². The van der Waals surface area contributed by atoms with Gasteiger partial charge in [-0.3, -0.25) is 4.57 Å². The highest BCUT2D eigenvalue weighted by Crippen LogP contribution is 2.34. The molecule has 4 nitrogen and oxygen atoms in total. The highest BCUT2D eigenvalue weighted by Gasteiger charge is 2.33. The molecule has 0 aliphatic heterocycles. The minimum absolute atomic E-state index is 0.0822. The maximum absolute atomic E-state index is 13.9. The van der Waals surface area contributed by atoms with Crippen LogP contribution in [0.3, 0.4) is 0 Å². The summed E-state index contributed by atoms with van der Waals surface area (Å²) < 4.78 is 93.6. The van der Waals surface area contributed by atoms with E-state index in [0.29, 0.717) is 12.1 Å². The Balaban J connectivity index is 2.13. The summed E-state index contributed by atoms with van der Waals surface area (Å²) in [5, 5.41) is 0. The molecule has 0 saturated carbocycles. The number of anilines is 1. The van der Waals surface area contributed by atoms with Crippen LogP contribution in [-0.4, -0.2) is 15.9 Å². The van der Waals surface area contributed by atoms with Gasteiger partial charge in [-0.2, -0.15) is 13.2 Å². The van der Waals surface area contributed by atoms with Crippen LogP contribution in [0.4, 0.5) is 36.7 Å². The Labute approximate surface area is 140 Å². The van der Waals surface area contributed by atoms with Gasteiger partial charge in [0.15, 0.2) is 11.6 Å². The van der Waals surface area contributed by atoms with Crippen LogP contribution in [-0.2, 0) is 6.18 Å². The third-order valence-electron chi connectivity index (χ3n) is 3.41. The molecule has 3 aromatic rings. The molecule has 0 amide bonds. The number of hydrogen-bond acceptors (Lipinski definition) is 3. The van der Waals surface area contributed by atoms with Gasteiger partial charge < -0.3 is 10.5 Å². The first-order chi connectivity index (χ1) is 12.0. The number of aromatic nitrogens is 2. The summed E-state index contributed by atoms with van der Waals surface area (Å²) in [6, 6.07) is 5.01. The van der Waals surface area contributed by atoms with Crippen LogP contribution in [0, 0.1) is 5.82 Å².